The van der Waals surface area contributed by atoms with Crippen LogP contribution in [0, 0.1) is 18.8 Å². The number of rotatable bonds is 3. The van der Waals surface area contributed by atoms with Crippen molar-refractivity contribution in [2.45, 2.75) is 20.3 Å². The number of hydrogen-bond acceptors (Lipinski definition) is 3. The first kappa shape index (κ1) is 13.8. The lowest BCUT2D eigenvalue weighted by molar-refractivity contribution is -0.141. The van der Waals surface area contributed by atoms with E-state index in [2.05, 4.69) is 11.8 Å². The highest BCUT2D eigenvalue weighted by atomic mass is 16.5. The first-order chi connectivity index (χ1) is 8.54. The van der Waals surface area contributed by atoms with Gasteiger partial charge < -0.3 is 9.84 Å². The molecular weight excluding hydrogens is 232 g/mol. The van der Waals surface area contributed by atoms with E-state index in [0.29, 0.717) is 12.2 Å². The molecule has 0 aliphatic heterocycles. The first-order valence-corrected chi connectivity index (χ1v) is 5.53. The summed E-state index contributed by atoms with van der Waals surface area (Å²) < 4.78 is 4.72. The molecule has 18 heavy (non-hydrogen) atoms. The Morgan fingerprint density at radius 2 is 2.11 bits per heavy atom. The zero-order valence-corrected chi connectivity index (χ0v) is 10.3. The van der Waals surface area contributed by atoms with E-state index in [0.717, 1.165) is 5.56 Å². The maximum absolute atomic E-state index is 11.1. The molecule has 0 saturated heterocycles. The second kappa shape index (κ2) is 6.45. The summed E-state index contributed by atoms with van der Waals surface area (Å²) in [4.78, 5) is 22.1. The topological polar surface area (TPSA) is 63.6 Å². The van der Waals surface area contributed by atoms with E-state index >= 15 is 0 Å². The zero-order chi connectivity index (χ0) is 13.5. The third-order valence-electron chi connectivity index (χ3n) is 2.17. The summed E-state index contributed by atoms with van der Waals surface area (Å²) in [5, 5.41) is 9.02. The molecule has 0 spiro atoms. The highest BCUT2D eigenvalue weighted by Gasteiger charge is 2.08. The van der Waals surface area contributed by atoms with Gasteiger partial charge in [0.15, 0.2) is 0 Å². The third-order valence-corrected chi connectivity index (χ3v) is 2.17. The van der Waals surface area contributed by atoms with Gasteiger partial charge in [0.25, 0.3) is 0 Å². The van der Waals surface area contributed by atoms with Gasteiger partial charge in [0, 0.05) is 5.56 Å². The van der Waals surface area contributed by atoms with Crippen molar-refractivity contribution in [1.82, 2.24) is 0 Å². The molecule has 94 valence electrons. The van der Waals surface area contributed by atoms with E-state index in [1.165, 1.54) is 0 Å². The minimum absolute atomic E-state index is 0.0409. The molecule has 4 nitrogen and oxygen atoms in total. The monoisotopic (exact) mass is 246 g/mol. The van der Waals surface area contributed by atoms with Crippen molar-refractivity contribution in [2.75, 3.05) is 6.61 Å². The number of benzene rings is 1. The van der Waals surface area contributed by atoms with Crippen LogP contribution in [0.2, 0.25) is 0 Å². The van der Waals surface area contributed by atoms with E-state index in [4.69, 9.17) is 9.84 Å². The van der Waals surface area contributed by atoms with E-state index < -0.39 is 11.9 Å². The Balaban J connectivity index is 2.88. The van der Waals surface area contributed by atoms with Gasteiger partial charge in [-0.1, -0.05) is 23.5 Å². The van der Waals surface area contributed by atoms with Crippen LogP contribution >= 0.6 is 0 Å². The summed E-state index contributed by atoms with van der Waals surface area (Å²) in [7, 11) is 0. The van der Waals surface area contributed by atoms with E-state index in [1.807, 2.05) is 6.92 Å². The Morgan fingerprint density at radius 3 is 2.72 bits per heavy atom. The summed E-state index contributed by atoms with van der Waals surface area (Å²) in [6, 6.07) is 4.97. The molecule has 1 rings (SSSR count). The molecule has 0 amide bonds. The lowest BCUT2D eigenvalue weighted by Gasteiger charge is -2.00. The fourth-order valence-electron chi connectivity index (χ4n) is 1.37. The molecule has 0 bridgehead atoms. The van der Waals surface area contributed by atoms with E-state index in [1.54, 1.807) is 25.1 Å². The number of aromatic carboxylic acids is 1. The van der Waals surface area contributed by atoms with Crippen LogP contribution in [0.15, 0.2) is 18.2 Å². The minimum atomic E-state index is -1.03. The van der Waals surface area contributed by atoms with Crippen molar-refractivity contribution >= 4 is 11.9 Å². The predicted octanol–water partition coefficient (Wildman–Crippen LogP) is 2.00. The number of aryl methyl sites for hydroxylation is 1. The molecule has 1 aromatic rings. The van der Waals surface area contributed by atoms with Crippen LogP contribution in [0.3, 0.4) is 0 Å². The number of ether oxygens (including phenoxy) is 1. The molecule has 0 radical (unpaired) electrons. The first-order valence-electron chi connectivity index (χ1n) is 5.53. The number of hydrogen-bond donors (Lipinski definition) is 1. The molecule has 0 aliphatic rings. The van der Waals surface area contributed by atoms with Crippen molar-refractivity contribution in [3.8, 4) is 11.8 Å². The zero-order valence-electron chi connectivity index (χ0n) is 10.3. The quantitative estimate of drug-likeness (QED) is 0.654. The van der Waals surface area contributed by atoms with Gasteiger partial charge in [-0.3, -0.25) is 4.79 Å². The van der Waals surface area contributed by atoms with Gasteiger partial charge in [0.2, 0.25) is 0 Å². The number of carboxylic acid groups (broad SMARTS) is 1. The van der Waals surface area contributed by atoms with Crippen molar-refractivity contribution in [3.05, 3.63) is 34.9 Å². The summed E-state index contributed by atoms with van der Waals surface area (Å²) >= 11 is 0. The van der Waals surface area contributed by atoms with Gasteiger partial charge in [0.05, 0.1) is 12.2 Å². The number of carboxylic acids is 1. The van der Waals surface area contributed by atoms with Crippen LogP contribution in [0.4, 0.5) is 0 Å². The molecule has 1 N–H and O–H groups in total. The SMILES string of the molecule is CCOC(=O)CC#Cc1ccc(C)cc1C(=O)O. The van der Waals surface area contributed by atoms with Gasteiger partial charge in [-0.25, -0.2) is 4.79 Å². The molecule has 0 heterocycles. The Bertz CT molecular complexity index is 520. The fraction of sp³-hybridized carbons (Fsp3) is 0.286. The van der Waals surface area contributed by atoms with Crippen molar-refractivity contribution in [3.63, 3.8) is 0 Å². The van der Waals surface area contributed by atoms with E-state index in [9.17, 15) is 9.59 Å². The molecular formula is C14H14O4. The fourth-order valence-corrected chi connectivity index (χ4v) is 1.37. The van der Waals surface area contributed by atoms with Crippen molar-refractivity contribution in [1.29, 1.82) is 0 Å². The summed E-state index contributed by atoms with van der Waals surface area (Å²) in [5.41, 5.74) is 1.40. The highest BCUT2D eigenvalue weighted by Crippen LogP contribution is 2.10. The van der Waals surface area contributed by atoms with Gasteiger partial charge in [-0.2, -0.15) is 0 Å². The molecule has 0 aromatic heterocycles. The molecule has 0 fully saturated rings. The van der Waals surface area contributed by atoms with Crippen LogP contribution in [0.5, 0.6) is 0 Å². The van der Waals surface area contributed by atoms with Crippen LogP contribution in [-0.4, -0.2) is 23.7 Å². The molecule has 0 unspecified atom stereocenters. The van der Waals surface area contributed by atoms with Crippen molar-refractivity contribution in [2.24, 2.45) is 0 Å². The van der Waals surface area contributed by atoms with Gasteiger partial charge in [-0.15, -0.1) is 0 Å². The van der Waals surface area contributed by atoms with E-state index in [-0.39, 0.29) is 12.0 Å². The molecule has 0 atom stereocenters. The normalized spacial score (nSPS) is 9.22. The summed E-state index contributed by atoms with van der Waals surface area (Å²) in [6.45, 7) is 3.83. The van der Waals surface area contributed by atoms with Gasteiger partial charge >= 0.3 is 11.9 Å². The number of esters is 1. The Morgan fingerprint density at radius 1 is 1.39 bits per heavy atom. The summed E-state index contributed by atoms with van der Waals surface area (Å²) in [5.74, 6) is 3.86. The van der Waals surface area contributed by atoms with Crippen molar-refractivity contribution < 1.29 is 19.4 Å². The number of carbonyl (C=O) groups is 2. The van der Waals surface area contributed by atoms with Gasteiger partial charge in [-0.05, 0) is 26.0 Å². The molecule has 1 aromatic carbocycles. The van der Waals surface area contributed by atoms with Gasteiger partial charge in [0.1, 0.15) is 6.42 Å². The van der Waals surface area contributed by atoms with Crippen LogP contribution in [0.25, 0.3) is 0 Å². The maximum atomic E-state index is 11.1. The second-order valence-electron chi connectivity index (χ2n) is 3.64. The van der Waals surface area contributed by atoms with Crippen LogP contribution in [0.1, 0.15) is 34.8 Å². The van der Waals surface area contributed by atoms with Crippen LogP contribution in [-0.2, 0) is 9.53 Å². The maximum Gasteiger partial charge on any atom is 0.336 e. The largest absolute Gasteiger partial charge is 0.478 e. The Labute approximate surface area is 106 Å². The lowest BCUT2D eigenvalue weighted by Crippen LogP contribution is -2.02. The smallest absolute Gasteiger partial charge is 0.336 e. The minimum Gasteiger partial charge on any atom is -0.478 e. The standard InChI is InChI=1S/C14H14O4/c1-3-18-13(15)6-4-5-11-8-7-10(2)9-12(11)14(16)17/h7-9H,3,6H2,1-2H3,(H,16,17). The number of carbonyl (C=O) groups excluding carboxylic acids is 1. The summed E-state index contributed by atoms with van der Waals surface area (Å²) in [6.07, 6.45) is -0.0409. The molecule has 4 heteroatoms. The average molecular weight is 246 g/mol. The Hall–Kier alpha value is -2.28. The van der Waals surface area contributed by atoms with Crippen LogP contribution < -0.4 is 0 Å². The molecule has 0 saturated carbocycles. The molecule has 0 aliphatic carbocycles. The highest BCUT2D eigenvalue weighted by molar-refractivity contribution is 5.91. The second-order valence-corrected chi connectivity index (χ2v) is 3.64. The predicted molar refractivity (Wildman–Crippen MR) is 66.3 cm³/mol. The third kappa shape index (κ3) is 3.95. The lowest BCUT2D eigenvalue weighted by atomic mass is 10.0. The average Bonchev–Trinajstić information content (AvgIpc) is 2.31. The Kier molecular flexibility index (Phi) is 4.94.